The highest BCUT2D eigenvalue weighted by molar-refractivity contribution is 8.26. The molecule has 1 aliphatic heterocycles. The maximum absolute atomic E-state index is 12.7. The molecular weight excluding hydrogens is 354 g/mol. The van der Waals surface area contributed by atoms with Crippen LogP contribution in [0.3, 0.4) is 0 Å². The van der Waals surface area contributed by atoms with Gasteiger partial charge >= 0.3 is 5.97 Å². The second-order valence-corrected chi connectivity index (χ2v) is 8.22. The van der Waals surface area contributed by atoms with Crippen LogP contribution in [-0.2, 0) is 9.59 Å². The Labute approximate surface area is 158 Å². The van der Waals surface area contributed by atoms with E-state index in [0.29, 0.717) is 21.6 Å². The molecule has 2 rings (SSSR count). The zero-order valence-corrected chi connectivity index (χ0v) is 16.5. The monoisotopic (exact) mass is 377 g/mol. The predicted octanol–water partition coefficient (Wildman–Crippen LogP) is 4.51. The fourth-order valence-corrected chi connectivity index (χ4v) is 4.01. The molecule has 1 aromatic carbocycles. The van der Waals surface area contributed by atoms with Crippen LogP contribution in [-0.4, -0.2) is 32.2 Å². The van der Waals surface area contributed by atoms with Crippen molar-refractivity contribution in [3.8, 4) is 0 Å². The van der Waals surface area contributed by atoms with Crippen LogP contribution in [0.5, 0.6) is 0 Å². The third-order valence-corrected chi connectivity index (χ3v) is 5.77. The highest BCUT2D eigenvalue weighted by atomic mass is 32.2. The summed E-state index contributed by atoms with van der Waals surface area (Å²) in [4.78, 5) is 26.1. The molecule has 0 aromatic heterocycles. The molecule has 1 heterocycles. The Morgan fingerprint density at radius 2 is 1.88 bits per heavy atom. The van der Waals surface area contributed by atoms with Crippen molar-refractivity contribution < 1.29 is 14.7 Å². The van der Waals surface area contributed by atoms with E-state index in [4.69, 9.17) is 12.2 Å². The van der Waals surface area contributed by atoms with Crippen molar-refractivity contribution in [2.75, 3.05) is 0 Å². The van der Waals surface area contributed by atoms with E-state index in [1.54, 1.807) is 6.08 Å². The quantitative estimate of drug-likeness (QED) is 0.584. The van der Waals surface area contributed by atoms with Gasteiger partial charge in [0, 0.05) is 0 Å². The van der Waals surface area contributed by atoms with E-state index in [-0.39, 0.29) is 11.8 Å². The molecule has 25 heavy (non-hydrogen) atoms. The first-order valence-electron chi connectivity index (χ1n) is 8.36. The van der Waals surface area contributed by atoms with Crippen LogP contribution in [0.4, 0.5) is 0 Å². The number of thiocarbonyl (C=S) groups is 1. The van der Waals surface area contributed by atoms with Gasteiger partial charge in [0.15, 0.2) is 0 Å². The normalized spacial score (nSPS) is 18.9. The Bertz CT molecular complexity index is 710. The first-order chi connectivity index (χ1) is 11.8. The Morgan fingerprint density at radius 1 is 1.28 bits per heavy atom. The number of nitrogens with zero attached hydrogens (tertiary/aromatic N) is 1. The van der Waals surface area contributed by atoms with Crippen molar-refractivity contribution in [2.45, 2.75) is 46.1 Å². The van der Waals surface area contributed by atoms with Gasteiger partial charge in [-0.15, -0.1) is 0 Å². The molecule has 1 aliphatic rings. The molecule has 2 atom stereocenters. The predicted molar refractivity (Wildman–Crippen MR) is 106 cm³/mol. The Morgan fingerprint density at radius 3 is 2.36 bits per heavy atom. The Balaban J connectivity index is 2.29. The van der Waals surface area contributed by atoms with Crippen molar-refractivity contribution in [3.05, 3.63) is 40.3 Å². The van der Waals surface area contributed by atoms with Crippen molar-refractivity contribution in [2.24, 2.45) is 5.92 Å². The third-order valence-electron chi connectivity index (χ3n) is 4.44. The minimum atomic E-state index is -1.02. The van der Waals surface area contributed by atoms with Gasteiger partial charge in [-0.3, -0.25) is 9.69 Å². The smallest absolute Gasteiger partial charge is 0.327 e. The minimum absolute atomic E-state index is 0.176. The number of aliphatic carboxylic acids is 1. The lowest BCUT2D eigenvalue weighted by molar-refractivity contribution is -0.147. The summed E-state index contributed by atoms with van der Waals surface area (Å²) in [6.07, 6.45) is 2.43. The maximum Gasteiger partial charge on any atom is 0.327 e. The molecule has 134 valence electrons. The van der Waals surface area contributed by atoms with Gasteiger partial charge in [-0.1, -0.05) is 82.4 Å². The molecule has 1 saturated heterocycles. The summed E-state index contributed by atoms with van der Waals surface area (Å²) in [7, 11) is 0. The van der Waals surface area contributed by atoms with Crippen LogP contribution in [0.25, 0.3) is 6.08 Å². The van der Waals surface area contributed by atoms with Crippen LogP contribution >= 0.6 is 24.0 Å². The number of rotatable bonds is 6. The Kier molecular flexibility index (Phi) is 6.41. The molecule has 1 fully saturated rings. The largest absolute Gasteiger partial charge is 0.480 e. The van der Waals surface area contributed by atoms with E-state index in [2.05, 4.69) is 13.8 Å². The first-order valence-corrected chi connectivity index (χ1v) is 9.58. The van der Waals surface area contributed by atoms with Crippen LogP contribution in [0, 0.1) is 5.92 Å². The second kappa shape index (κ2) is 8.15. The summed E-state index contributed by atoms with van der Waals surface area (Å²) in [5.41, 5.74) is 2.13. The average molecular weight is 378 g/mol. The SMILES string of the molecule is CC[C@@H](C)[C@@H](C(=O)O)N1C(=O)/C(=C/c2ccc(C(C)C)cc2)SC1=S. The van der Waals surface area contributed by atoms with Crippen LogP contribution in [0.2, 0.25) is 0 Å². The summed E-state index contributed by atoms with van der Waals surface area (Å²) < 4.78 is 0.308. The second-order valence-electron chi connectivity index (χ2n) is 6.54. The zero-order valence-electron chi connectivity index (χ0n) is 14.9. The lowest BCUT2D eigenvalue weighted by Gasteiger charge is -2.27. The topological polar surface area (TPSA) is 57.6 Å². The molecule has 0 spiro atoms. The highest BCUT2D eigenvalue weighted by Crippen LogP contribution is 2.36. The summed E-state index contributed by atoms with van der Waals surface area (Å²) in [5, 5.41) is 9.55. The van der Waals surface area contributed by atoms with Crippen molar-refractivity contribution >= 4 is 46.3 Å². The van der Waals surface area contributed by atoms with Gasteiger partial charge in [0.2, 0.25) is 0 Å². The number of amides is 1. The van der Waals surface area contributed by atoms with E-state index in [1.165, 1.54) is 22.2 Å². The fourth-order valence-electron chi connectivity index (χ4n) is 2.68. The fraction of sp³-hybridized carbons (Fsp3) is 0.421. The van der Waals surface area contributed by atoms with Gasteiger partial charge in [0.05, 0.1) is 4.91 Å². The standard InChI is InChI=1S/C19H23NO3S2/c1-5-12(4)16(18(22)23)20-17(21)15(25-19(20)24)10-13-6-8-14(9-7-13)11(2)3/h6-12,16H,5H2,1-4H3,(H,22,23)/b15-10-/t12-,16+/m1/s1. The molecular formula is C19H23NO3S2. The number of hydrogen-bond acceptors (Lipinski definition) is 4. The number of hydrogen-bond donors (Lipinski definition) is 1. The van der Waals surface area contributed by atoms with Crippen LogP contribution in [0.1, 0.15) is 51.2 Å². The van der Waals surface area contributed by atoms with Gasteiger partial charge in [-0.2, -0.15) is 0 Å². The van der Waals surface area contributed by atoms with Crippen LogP contribution < -0.4 is 0 Å². The number of carbonyl (C=O) groups excluding carboxylic acids is 1. The number of benzene rings is 1. The van der Waals surface area contributed by atoms with Gasteiger partial charge in [0.25, 0.3) is 5.91 Å². The number of carboxylic acids is 1. The third kappa shape index (κ3) is 4.30. The van der Waals surface area contributed by atoms with Crippen molar-refractivity contribution in [1.29, 1.82) is 0 Å². The molecule has 0 saturated carbocycles. The Hall–Kier alpha value is -1.66. The average Bonchev–Trinajstić information content (AvgIpc) is 2.82. The molecule has 4 nitrogen and oxygen atoms in total. The molecule has 0 bridgehead atoms. The highest BCUT2D eigenvalue weighted by Gasteiger charge is 2.42. The van der Waals surface area contributed by atoms with Gasteiger partial charge in [0.1, 0.15) is 10.4 Å². The molecule has 1 amide bonds. The van der Waals surface area contributed by atoms with E-state index >= 15 is 0 Å². The number of thioether (sulfide) groups is 1. The molecule has 1 aromatic rings. The van der Waals surface area contributed by atoms with Crippen molar-refractivity contribution in [1.82, 2.24) is 4.90 Å². The molecule has 6 heteroatoms. The number of carboxylic acid groups (broad SMARTS) is 1. The molecule has 1 N–H and O–H groups in total. The lowest BCUT2D eigenvalue weighted by atomic mass is 9.98. The van der Waals surface area contributed by atoms with E-state index < -0.39 is 12.0 Å². The summed E-state index contributed by atoms with van der Waals surface area (Å²) in [6.45, 7) is 7.98. The van der Waals surface area contributed by atoms with Gasteiger partial charge in [-0.25, -0.2) is 4.79 Å². The summed E-state index contributed by atoms with van der Waals surface area (Å²) in [5.74, 6) is -1.08. The zero-order chi connectivity index (χ0) is 18.7. The molecule has 0 radical (unpaired) electrons. The van der Waals surface area contributed by atoms with Gasteiger partial charge < -0.3 is 5.11 Å². The number of carbonyl (C=O) groups is 2. The summed E-state index contributed by atoms with van der Waals surface area (Å²) in [6, 6.07) is 7.08. The van der Waals surface area contributed by atoms with E-state index in [1.807, 2.05) is 38.1 Å². The lowest BCUT2D eigenvalue weighted by Crippen LogP contribution is -2.47. The first kappa shape index (κ1) is 19.7. The van der Waals surface area contributed by atoms with Crippen LogP contribution in [0.15, 0.2) is 29.2 Å². The summed E-state index contributed by atoms with van der Waals surface area (Å²) >= 11 is 6.46. The molecule has 0 unspecified atom stereocenters. The van der Waals surface area contributed by atoms with Gasteiger partial charge in [-0.05, 0) is 29.0 Å². The van der Waals surface area contributed by atoms with E-state index in [9.17, 15) is 14.7 Å². The maximum atomic E-state index is 12.7. The minimum Gasteiger partial charge on any atom is -0.480 e. The van der Waals surface area contributed by atoms with E-state index in [0.717, 1.165) is 5.56 Å². The van der Waals surface area contributed by atoms with Crippen molar-refractivity contribution in [3.63, 3.8) is 0 Å². The molecule has 0 aliphatic carbocycles.